The number of aryl methyl sites for hydroxylation is 4. The molecule has 0 heteroatoms. The van der Waals surface area contributed by atoms with E-state index in [1.54, 1.807) is 22.3 Å². The van der Waals surface area contributed by atoms with Crippen LogP contribution >= 0.6 is 0 Å². The highest BCUT2D eigenvalue weighted by molar-refractivity contribution is 5.96. The van der Waals surface area contributed by atoms with Gasteiger partial charge in [0, 0.05) is 0 Å². The molecule has 0 saturated carbocycles. The normalized spacial score (nSPS) is 20.9. The Kier molecular flexibility index (Phi) is 5.47. The summed E-state index contributed by atoms with van der Waals surface area (Å²) in [5.74, 6) is 0. The van der Waals surface area contributed by atoms with Crippen LogP contribution in [0.5, 0.6) is 0 Å². The van der Waals surface area contributed by atoms with Crippen LogP contribution in [0.4, 0.5) is 0 Å². The molecule has 4 aromatic rings. The molecule has 0 saturated heterocycles. The molecule has 4 aromatic carbocycles. The largest absolute Gasteiger partial charge is 0.0620 e. The molecule has 176 valence electrons. The Bertz CT molecular complexity index is 1300. The number of allylic oxidation sites excluding steroid dienone is 4. The zero-order valence-electron chi connectivity index (χ0n) is 20.9. The van der Waals surface area contributed by atoms with E-state index in [4.69, 9.17) is 0 Å². The lowest BCUT2D eigenvalue weighted by Gasteiger charge is -2.07. The first-order valence-corrected chi connectivity index (χ1v) is 13.6. The van der Waals surface area contributed by atoms with Gasteiger partial charge in [-0.15, -0.1) is 0 Å². The van der Waals surface area contributed by atoms with Crippen LogP contribution in [0.2, 0.25) is 0 Å². The van der Waals surface area contributed by atoms with Gasteiger partial charge >= 0.3 is 0 Å². The molecule has 0 spiro atoms. The summed E-state index contributed by atoms with van der Waals surface area (Å²) in [5.41, 5.74) is 18.6. The highest BCUT2D eigenvalue weighted by atomic mass is 14.3. The molecule has 0 amide bonds. The smallest absolute Gasteiger partial charge is 0.0189 e. The van der Waals surface area contributed by atoms with Gasteiger partial charge in [-0.1, -0.05) is 97.1 Å². The van der Waals surface area contributed by atoms with Crippen molar-refractivity contribution in [2.24, 2.45) is 0 Å². The fraction of sp³-hybridized carbons (Fsp3) is 0.222. The monoisotopic (exact) mass is 464 g/mol. The van der Waals surface area contributed by atoms with E-state index in [9.17, 15) is 0 Å². The van der Waals surface area contributed by atoms with Crippen LogP contribution in [0, 0.1) is 0 Å². The molecule has 0 bridgehead atoms. The summed E-state index contributed by atoms with van der Waals surface area (Å²) >= 11 is 0. The van der Waals surface area contributed by atoms with Gasteiger partial charge in [-0.3, -0.25) is 0 Å². The zero-order chi connectivity index (χ0) is 23.9. The van der Waals surface area contributed by atoms with E-state index < -0.39 is 0 Å². The molecule has 0 aromatic heterocycles. The number of benzene rings is 4. The first kappa shape index (κ1) is 21.6. The second-order valence-electron chi connectivity index (χ2n) is 10.5. The quantitative estimate of drug-likeness (QED) is 0.244. The van der Waals surface area contributed by atoms with Crippen molar-refractivity contribution in [3.05, 3.63) is 142 Å². The van der Waals surface area contributed by atoms with E-state index in [1.165, 1.54) is 95.9 Å². The van der Waals surface area contributed by atoms with Gasteiger partial charge in [0.1, 0.15) is 0 Å². The van der Waals surface area contributed by atoms with Crippen molar-refractivity contribution in [2.45, 2.75) is 51.4 Å². The maximum absolute atomic E-state index is 2.30. The van der Waals surface area contributed by atoms with Gasteiger partial charge in [-0.2, -0.15) is 0 Å². The van der Waals surface area contributed by atoms with Crippen molar-refractivity contribution in [3.63, 3.8) is 0 Å². The molecule has 4 aliphatic carbocycles. The molecule has 0 heterocycles. The minimum Gasteiger partial charge on any atom is -0.0620 e. The molecule has 0 nitrogen and oxygen atoms in total. The summed E-state index contributed by atoms with van der Waals surface area (Å²) in [6, 6.07) is 35.7. The topological polar surface area (TPSA) is 0 Å². The van der Waals surface area contributed by atoms with Gasteiger partial charge in [0.15, 0.2) is 0 Å². The van der Waals surface area contributed by atoms with Crippen molar-refractivity contribution < 1.29 is 0 Å². The summed E-state index contributed by atoms with van der Waals surface area (Å²) in [6.45, 7) is 0. The summed E-state index contributed by atoms with van der Waals surface area (Å²) in [7, 11) is 0. The second-order valence-corrected chi connectivity index (χ2v) is 10.5. The third-order valence-corrected chi connectivity index (χ3v) is 8.68. The minimum absolute atomic E-state index is 1.22. The standard InChI is InChI=1S/2C18H16/c2*1-3-7-15-13(5-1)9-11-17(15)18-12-10-14-6-2-4-8-16(14)18/h2*1-8H,9-12H2/b2*18-17+. The fourth-order valence-electron chi connectivity index (χ4n) is 6.96. The Morgan fingerprint density at radius 3 is 0.722 bits per heavy atom. The lowest BCUT2D eigenvalue weighted by molar-refractivity contribution is 1.06. The Hall–Kier alpha value is -3.64. The fourth-order valence-corrected chi connectivity index (χ4v) is 6.96. The van der Waals surface area contributed by atoms with E-state index in [0.29, 0.717) is 0 Å². The van der Waals surface area contributed by atoms with Crippen LogP contribution in [-0.2, 0) is 25.7 Å². The van der Waals surface area contributed by atoms with Crippen molar-refractivity contribution in [2.75, 3.05) is 0 Å². The highest BCUT2D eigenvalue weighted by Crippen LogP contribution is 2.44. The minimum atomic E-state index is 1.22. The summed E-state index contributed by atoms with van der Waals surface area (Å²) in [6.07, 6.45) is 9.78. The Labute approximate surface area is 215 Å². The van der Waals surface area contributed by atoms with Crippen molar-refractivity contribution in [1.82, 2.24) is 0 Å². The third-order valence-electron chi connectivity index (χ3n) is 8.68. The van der Waals surface area contributed by atoms with E-state index in [1.807, 2.05) is 0 Å². The second kappa shape index (κ2) is 9.10. The van der Waals surface area contributed by atoms with Crippen molar-refractivity contribution in [1.29, 1.82) is 0 Å². The molecule has 0 atom stereocenters. The Morgan fingerprint density at radius 1 is 0.250 bits per heavy atom. The van der Waals surface area contributed by atoms with Crippen LogP contribution in [0.25, 0.3) is 22.3 Å². The first-order valence-electron chi connectivity index (χ1n) is 13.6. The molecule has 8 rings (SSSR count). The summed E-state index contributed by atoms with van der Waals surface area (Å²) in [5, 5.41) is 0. The SMILES string of the molecule is c1ccc2c(c1)CC/C2=C1/CCc2ccccc21.c1ccc2c(c1)CC/C2=C1/CCc2ccccc21. The highest BCUT2D eigenvalue weighted by Gasteiger charge is 2.25. The molecule has 0 unspecified atom stereocenters. The molecule has 0 fully saturated rings. The van der Waals surface area contributed by atoms with Gasteiger partial charge in [0.05, 0.1) is 0 Å². The molecule has 0 radical (unpaired) electrons. The van der Waals surface area contributed by atoms with Crippen LogP contribution in [0.15, 0.2) is 97.1 Å². The van der Waals surface area contributed by atoms with E-state index in [0.717, 1.165) is 0 Å². The zero-order valence-corrected chi connectivity index (χ0v) is 20.9. The van der Waals surface area contributed by atoms with Gasteiger partial charge in [0.2, 0.25) is 0 Å². The van der Waals surface area contributed by atoms with Gasteiger partial charge in [0.25, 0.3) is 0 Å². The molecular weight excluding hydrogens is 432 g/mol. The number of rotatable bonds is 0. The van der Waals surface area contributed by atoms with Crippen LogP contribution in [-0.4, -0.2) is 0 Å². The molecule has 0 N–H and O–H groups in total. The molecular formula is C36H32. The predicted molar refractivity (Wildman–Crippen MR) is 153 cm³/mol. The van der Waals surface area contributed by atoms with Gasteiger partial charge < -0.3 is 0 Å². The number of hydrogen-bond donors (Lipinski definition) is 0. The van der Waals surface area contributed by atoms with Crippen molar-refractivity contribution in [3.8, 4) is 0 Å². The van der Waals surface area contributed by atoms with E-state index in [2.05, 4.69) is 97.1 Å². The van der Waals surface area contributed by atoms with Crippen LogP contribution < -0.4 is 0 Å². The summed E-state index contributed by atoms with van der Waals surface area (Å²) in [4.78, 5) is 0. The molecule has 0 aliphatic heterocycles. The lowest BCUT2D eigenvalue weighted by Crippen LogP contribution is -1.85. The number of hydrogen-bond acceptors (Lipinski definition) is 0. The van der Waals surface area contributed by atoms with E-state index in [-0.39, 0.29) is 0 Å². The number of fused-ring (bicyclic) bond motifs is 4. The Morgan fingerprint density at radius 2 is 0.472 bits per heavy atom. The van der Waals surface area contributed by atoms with Crippen LogP contribution in [0.1, 0.15) is 70.2 Å². The molecule has 36 heavy (non-hydrogen) atoms. The third kappa shape index (κ3) is 3.68. The Balaban J connectivity index is 0.000000122. The van der Waals surface area contributed by atoms with E-state index >= 15 is 0 Å². The van der Waals surface area contributed by atoms with Crippen LogP contribution in [0.3, 0.4) is 0 Å². The maximum atomic E-state index is 2.30. The first-order chi connectivity index (χ1) is 17.9. The molecule has 4 aliphatic rings. The summed E-state index contributed by atoms with van der Waals surface area (Å²) < 4.78 is 0. The lowest BCUT2D eigenvalue weighted by atomic mass is 9.97. The predicted octanol–water partition coefficient (Wildman–Crippen LogP) is 8.98. The van der Waals surface area contributed by atoms with Gasteiger partial charge in [-0.05, 0) is 118 Å². The maximum Gasteiger partial charge on any atom is -0.0189 e. The average molecular weight is 465 g/mol. The van der Waals surface area contributed by atoms with Crippen molar-refractivity contribution >= 4 is 22.3 Å². The average Bonchev–Trinajstić information content (AvgIpc) is 3.72. The van der Waals surface area contributed by atoms with Gasteiger partial charge in [-0.25, -0.2) is 0 Å².